The van der Waals surface area contributed by atoms with Gasteiger partial charge in [0.2, 0.25) is 5.91 Å². The molecule has 0 radical (unpaired) electrons. The van der Waals surface area contributed by atoms with Gasteiger partial charge in [0.1, 0.15) is 11.9 Å². The summed E-state index contributed by atoms with van der Waals surface area (Å²) in [6, 6.07) is 9.79. The van der Waals surface area contributed by atoms with Gasteiger partial charge in [0.05, 0.1) is 12.6 Å². The zero-order chi connectivity index (χ0) is 17.2. The average molecular weight is 341 g/mol. The molecule has 4 rings (SSSR count). The van der Waals surface area contributed by atoms with Crippen molar-refractivity contribution in [3.63, 3.8) is 0 Å². The molecule has 1 N–H and O–H groups in total. The third-order valence-corrected chi connectivity index (χ3v) is 4.96. The second kappa shape index (κ2) is 6.93. The Balaban J connectivity index is 1.46. The maximum atomic E-state index is 12.9. The van der Waals surface area contributed by atoms with E-state index in [9.17, 15) is 4.79 Å². The fourth-order valence-electron chi connectivity index (χ4n) is 3.59. The molecule has 2 saturated heterocycles. The molecule has 3 heterocycles. The molecule has 25 heavy (non-hydrogen) atoms. The number of aromatic amines is 1. The van der Waals surface area contributed by atoms with Crippen molar-refractivity contribution < 1.29 is 9.53 Å². The van der Waals surface area contributed by atoms with E-state index >= 15 is 0 Å². The monoisotopic (exact) mass is 341 g/mol. The maximum Gasteiger partial charge on any atom is 0.244 e. The second-order valence-corrected chi connectivity index (χ2v) is 6.48. The van der Waals surface area contributed by atoms with E-state index in [1.807, 2.05) is 42.2 Å². The van der Waals surface area contributed by atoms with Crippen molar-refractivity contribution in [2.24, 2.45) is 0 Å². The number of hydrogen-bond donors (Lipinski definition) is 1. The summed E-state index contributed by atoms with van der Waals surface area (Å²) in [7, 11) is 0. The van der Waals surface area contributed by atoms with E-state index in [0.717, 1.165) is 37.4 Å². The number of nitrogens with one attached hydrogen (secondary N) is 1. The normalized spacial score (nSPS) is 24.8. The van der Waals surface area contributed by atoms with E-state index in [-0.39, 0.29) is 18.1 Å². The van der Waals surface area contributed by atoms with Gasteiger partial charge in [-0.2, -0.15) is 5.10 Å². The molecule has 0 unspecified atom stereocenters. The van der Waals surface area contributed by atoms with Gasteiger partial charge in [0, 0.05) is 31.7 Å². The van der Waals surface area contributed by atoms with E-state index in [1.54, 1.807) is 0 Å². The summed E-state index contributed by atoms with van der Waals surface area (Å²) >= 11 is 0. The Morgan fingerprint density at radius 1 is 1.28 bits per heavy atom. The third-order valence-electron chi connectivity index (χ3n) is 4.96. The summed E-state index contributed by atoms with van der Waals surface area (Å²) in [4.78, 5) is 21.5. The summed E-state index contributed by atoms with van der Waals surface area (Å²) in [5.74, 6) is 1.73. The van der Waals surface area contributed by atoms with Crippen molar-refractivity contribution in [3.05, 3.63) is 42.0 Å². The number of benzene rings is 1. The molecule has 0 bridgehead atoms. The van der Waals surface area contributed by atoms with E-state index in [4.69, 9.17) is 4.74 Å². The van der Waals surface area contributed by atoms with Crippen LogP contribution in [-0.4, -0.2) is 58.3 Å². The number of amides is 1. The predicted molar refractivity (Wildman–Crippen MR) is 93.2 cm³/mol. The minimum Gasteiger partial charge on any atom is -0.367 e. The number of aromatic nitrogens is 3. The fraction of sp³-hybridized carbons (Fsp3) is 0.500. The highest BCUT2D eigenvalue weighted by molar-refractivity contribution is 5.99. The van der Waals surface area contributed by atoms with Crippen LogP contribution in [0.4, 0.5) is 5.69 Å². The third kappa shape index (κ3) is 3.17. The highest BCUT2D eigenvalue weighted by Crippen LogP contribution is 2.28. The Bertz CT molecular complexity index is 732. The van der Waals surface area contributed by atoms with Crippen molar-refractivity contribution in [2.75, 3.05) is 31.1 Å². The standard InChI is InChI=1S/C18H23N5O2/c1-2-16-19-17(21-20-16)15-12-22(10-11-25-15)14-8-9-23(18(14)24)13-6-4-3-5-7-13/h3-7,14-15H,2,8-12H2,1H3,(H,19,20,21)/t14-,15+/m1/s1. The molecular formula is C18H23N5O2. The lowest BCUT2D eigenvalue weighted by atomic mass is 10.1. The first kappa shape index (κ1) is 16.2. The van der Waals surface area contributed by atoms with E-state index in [1.165, 1.54) is 0 Å². The molecule has 1 aromatic carbocycles. The number of morpholine rings is 1. The van der Waals surface area contributed by atoms with Crippen LogP contribution in [0.15, 0.2) is 30.3 Å². The van der Waals surface area contributed by atoms with E-state index in [0.29, 0.717) is 19.0 Å². The Labute approximate surface area is 147 Å². The number of hydrogen-bond acceptors (Lipinski definition) is 5. The quantitative estimate of drug-likeness (QED) is 0.913. The summed E-state index contributed by atoms with van der Waals surface area (Å²) in [6.07, 6.45) is 1.48. The molecule has 2 aromatic rings. The second-order valence-electron chi connectivity index (χ2n) is 6.48. The zero-order valence-corrected chi connectivity index (χ0v) is 14.4. The van der Waals surface area contributed by atoms with Gasteiger partial charge in [-0.15, -0.1) is 0 Å². The van der Waals surface area contributed by atoms with E-state index < -0.39 is 0 Å². The molecule has 2 fully saturated rings. The Morgan fingerprint density at radius 3 is 2.88 bits per heavy atom. The number of aryl methyl sites for hydroxylation is 1. The molecule has 0 saturated carbocycles. The van der Waals surface area contributed by atoms with Crippen molar-refractivity contribution >= 4 is 11.6 Å². The highest BCUT2D eigenvalue weighted by atomic mass is 16.5. The Hall–Kier alpha value is -2.25. The summed E-state index contributed by atoms with van der Waals surface area (Å²) in [5, 5.41) is 7.21. The van der Waals surface area contributed by atoms with Crippen LogP contribution in [-0.2, 0) is 16.0 Å². The average Bonchev–Trinajstić information content (AvgIpc) is 3.29. The van der Waals surface area contributed by atoms with Gasteiger partial charge in [0.15, 0.2) is 5.82 Å². The molecule has 7 heteroatoms. The SMILES string of the molecule is CCc1nc([C@@H]2CN([C@@H]3CCN(c4ccccc4)C3=O)CCO2)n[nH]1. The van der Waals surface area contributed by atoms with Gasteiger partial charge in [-0.05, 0) is 18.6 Å². The van der Waals surface area contributed by atoms with E-state index in [2.05, 4.69) is 20.1 Å². The summed E-state index contributed by atoms with van der Waals surface area (Å²) in [6.45, 7) is 4.81. The molecule has 0 spiro atoms. The summed E-state index contributed by atoms with van der Waals surface area (Å²) in [5.41, 5.74) is 0.973. The van der Waals surface area contributed by atoms with Crippen LogP contribution in [0.5, 0.6) is 0 Å². The number of carbonyl (C=O) groups excluding carboxylic acids is 1. The number of anilines is 1. The molecule has 2 aliphatic rings. The molecule has 7 nitrogen and oxygen atoms in total. The molecular weight excluding hydrogens is 318 g/mol. The van der Waals surface area contributed by atoms with Crippen molar-refractivity contribution in [1.29, 1.82) is 0 Å². The summed E-state index contributed by atoms with van der Waals surface area (Å²) < 4.78 is 5.85. The Morgan fingerprint density at radius 2 is 2.12 bits per heavy atom. The minimum atomic E-state index is -0.177. The van der Waals surface area contributed by atoms with Gasteiger partial charge in [-0.1, -0.05) is 25.1 Å². The number of H-pyrrole nitrogens is 1. The van der Waals surface area contributed by atoms with Crippen LogP contribution < -0.4 is 4.90 Å². The first-order chi connectivity index (χ1) is 12.3. The van der Waals surface area contributed by atoms with Crippen LogP contribution in [0.25, 0.3) is 0 Å². The lowest BCUT2D eigenvalue weighted by Gasteiger charge is -2.34. The van der Waals surface area contributed by atoms with Crippen molar-refractivity contribution in [1.82, 2.24) is 20.1 Å². The van der Waals surface area contributed by atoms with Crippen LogP contribution in [0.3, 0.4) is 0 Å². The van der Waals surface area contributed by atoms with Crippen molar-refractivity contribution in [2.45, 2.75) is 31.9 Å². The first-order valence-electron chi connectivity index (χ1n) is 8.89. The number of rotatable bonds is 4. The van der Waals surface area contributed by atoms with Crippen LogP contribution in [0, 0.1) is 0 Å². The van der Waals surface area contributed by atoms with Crippen LogP contribution in [0.2, 0.25) is 0 Å². The number of para-hydroxylation sites is 1. The minimum absolute atomic E-state index is 0.0869. The molecule has 2 aliphatic heterocycles. The largest absolute Gasteiger partial charge is 0.367 e. The number of ether oxygens (including phenoxy) is 1. The highest BCUT2D eigenvalue weighted by Gasteiger charge is 2.39. The molecule has 1 aromatic heterocycles. The lowest BCUT2D eigenvalue weighted by Crippen LogP contribution is -2.48. The topological polar surface area (TPSA) is 74.3 Å². The van der Waals surface area contributed by atoms with Crippen LogP contribution in [0.1, 0.15) is 31.1 Å². The predicted octanol–water partition coefficient (Wildman–Crippen LogP) is 1.55. The first-order valence-corrected chi connectivity index (χ1v) is 8.89. The van der Waals surface area contributed by atoms with Crippen LogP contribution >= 0.6 is 0 Å². The van der Waals surface area contributed by atoms with Gasteiger partial charge < -0.3 is 9.64 Å². The zero-order valence-electron chi connectivity index (χ0n) is 14.4. The van der Waals surface area contributed by atoms with Gasteiger partial charge >= 0.3 is 0 Å². The Kier molecular flexibility index (Phi) is 4.50. The van der Waals surface area contributed by atoms with Gasteiger partial charge in [-0.25, -0.2) is 4.98 Å². The van der Waals surface area contributed by atoms with Gasteiger partial charge in [-0.3, -0.25) is 14.8 Å². The molecule has 0 aliphatic carbocycles. The lowest BCUT2D eigenvalue weighted by molar-refractivity contribution is -0.125. The molecule has 132 valence electrons. The molecule has 2 atom stereocenters. The van der Waals surface area contributed by atoms with Crippen molar-refractivity contribution in [3.8, 4) is 0 Å². The fourth-order valence-corrected chi connectivity index (χ4v) is 3.59. The van der Waals surface area contributed by atoms with Gasteiger partial charge in [0.25, 0.3) is 0 Å². The number of carbonyl (C=O) groups is 1. The number of nitrogens with zero attached hydrogens (tertiary/aromatic N) is 4. The maximum absolute atomic E-state index is 12.9. The smallest absolute Gasteiger partial charge is 0.244 e. The molecule has 1 amide bonds.